The molecule has 3 aromatic carbocycles. The summed E-state index contributed by atoms with van der Waals surface area (Å²) in [4.78, 5) is 25.8. The second-order valence-electron chi connectivity index (χ2n) is 11.7. The maximum Gasteiger partial charge on any atom is 0.343 e. The van der Waals surface area contributed by atoms with E-state index in [0.717, 1.165) is 56.4 Å². The summed E-state index contributed by atoms with van der Waals surface area (Å²) in [6.07, 6.45) is 7.79. The Morgan fingerprint density at radius 2 is 1.38 bits per heavy atom. The summed E-state index contributed by atoms with van der Waals surface area (Å²) < 4.78 is 34.4. The Bertz CT molecular complexity index is 1390. The molecule has 0 aliphatic carbocycles. The van der Waals surface area contributed by atoms with E-state index >= 15 is 0 Å². The number of esters is 2. The maximum atomic E-state index is 12.9. The molecule has 0 N–H and O–H groups in total. The zero-order chi connectivity index (χ0) is 31.6. The molecule has 2 fully saturated rings. The van der Waals surface area contributed by atoms with Gasteiger partial charge in [-0.15, -0.1) is 0 Å². The molecule has 3 aromatic rings. The van der Waals surface area contributed by atoms with Gasteiger partial charge in [0.05, 0.1) is 24.3 Å². The SMILES string of the molecule is CCCCCOC(c1ccc(C(=O)Oc2ccc(C(=O)Oc3ccc(OC(CCCCC)C4CO4)cc3)c(C)c2)cc1)C1CO1. The lowest BCUT2D eigenvalue weighted by Gasteiger charge is -2.17. The predicted molar refractivity (Wildman–Crippen MR) is 170 cm³/mol. The molecule has 2 aliphatic rings. The smallest absolute Gasteiger partial charge is 0.343 e. The summed E-state index contributed by atoms with van der Waals surface area (Å²) in [5.74, 6) is 0.498. The van der Waals surface area contributed by atoms with Crippen molar-refractivity contribution in [2.24, 2.45) is 0 Å². The normalized spacial score (nSPS) is 18.1. The van der Waals surface area contributed by atoms with E-state index in [9.17, 15) is 9.59 Å². The van der Waals surface area contributed by atoms with Gasteiger partial charge < -0.3 is 28.4 Å². The number of ether oxygens (including phenoxy) is 6. The molecular weight excluding hydrogens is 572 g/mol. The van der Waals surface area contributed by atoms with Crippen molar-refractivity contribution in [1.29, 1.82) is 0 Å². The van der Waals surface area contributed by atoms with E-state index in [2.05, 4.69) is 13.8 Å². The zero-order valence-corrected chi connectivity index (χ0v) is 26.5. The molecule has 8 nitrogen and oxygen atoms in total. The Hall–Kier alpha value is -3.72. The highest BCUT2D eigenvalue weighted by Gasteiger charge is 2.35. The predicted octanol–water partition coefficient (Wildman–Crippen LogP) is 7.81. The molecule has 0 saturated carbocycles. The molecule has 2 heterocycles. The molecule has 5 rings (SSSR count). The largest absolute Gasteiger partial charge is 0.488 e. The molecule has 0 radical (unpaired) electrons. The van der Waals surface area contributed by atoms with Crippen molar-refractivity contribution in [2.45, 2.75) is 90.1 Å². The third kappa shape index (κ3) is 9.63. The molecule has 0 aromatic heterocycles. The first-order chi connectivity index (χ1) is 21.9. The van der Waals surface area contributed by atoms with E-state index in [1.807, 2.05) is 12.1 Å². The number of hydrogen-bond acceptors (Lipinski definition) is 8. The van der Waals surface area contributed by atoms with Crippen LogP contribution in [0.5, 0.6) is 17.2 Å². The van der Waals surface area contributed by atoms with Gasteiger partial charge in [0, 0.05) is 6.61 Å². The molecule has 240 valence electrons. The van der Waals surface area contributed by atoms with Gasteiger partial charge in [-0.1, -0.05) is 51.7 Å². The second kappa shape index (κ2) is 16.0. The molecule has 0 bridgehead atoms. The van der Waals surface area contributed by atoms with E-state index in [-0.39, 0.29) is 24.4 Å². The van der Waals surface area contributed by atoms with Crippen molar-refractivity contribution in [3.63, 3.8) is 0 Å². The number of carbonyl (C=O) groups excluding carboxylic acids is 2. The average molecular weight is 617 g/mol. The molecule has 2 saturated heterocycles. The first-order valence-electron chi connectivity index (χ1n) is 16.2. The molecule has 4 atom stereocenters. The van der Waals surface area contributed by atoms with E-state index in [1.165, 1.54) is 6.42 Å². The van der Waals surface area contributed by atoms with Crippen LogP contribution in [0.15, 0.2) is 66.7 Å². The zero-order valence-electron chi connectivity index (χ0n) is 26.5. The fourth-order valence-electron chi connectivity index (χ4n) is 5.22. The van der Waals surface area contributed by atoms with E-state index < -0.39 is 11.9 Å². The third-order valence-electron chi connectivity index (χ3n) is 8.03. The van der Waals surface area contributed by atoms with Gasteiger partial charge in [0.15, 0.2) is 0 Å². The molecule has 4 unspecified atom stereocenters. The molecule has 0 amide bonds. The summed E-state index contributed by atoms with van der Waals surface area (Å²) in [5.41, 5.74) is 2.41. The van der Waals surface area contributed by atoms with Gasteiger partial charge in [-0.3, -0.25) is 0 Å². The monoisotopic (exact) mass is 616 g/mol. The Morgan fingerprint density at radius 1 is 0.756 bits per heavy atom. The highest BCUT2D eigenvalue weighted by atomic mass is 16.6. The number of benzene rings is 3. The fourth-order valence-corrected chi connectivity index (χ4v) is 5.22. The Labute approximate surface area is 265 Å². The van der Waals surface area contributed by atoms with Crippen LogP contribution in [-0.2, 0) is 14.2 Å². The van der Waals surface area contributed by atoms with E-state index in [0.29, 0.717) is 41.4 Å². The standard InChI is InChI=1S/C37H44O8/c1-4-6-8-10-32(33-23-41-33)43-28-15-17-29(18-16-28)44-37(39)31-20-19-30(22-25(31)3)45-36(38)27-13-11-26(12-14-27)35(34-24-42-34)40-21-9-7-5-2/h11-20,22,32-35H,4-10,21,23-24H2,1-3H3. The number of epoxide rings is 2. The molecule has 2 aliphatic heterocycles. The van der Waals surface area contributed by atoms with Crippen LogP contribution < -0.4 is 14.2 Å². The fraction of sp³-hybridized carbons (Fsp3) is 0.459. The van der Waals surface area contributed by atoms with Crippen molar-refractivity contribution in [3.8, 4) is 17.2 Å². The number of carbonyl (C=O) groups is 2. The van der Waals surface area contributed by atoms with Crippen LogP contribution in [0.2, 0.25) is 0 Å². The minimum absolute atomic E-state index is 0.0362. The van der Waals surface area contributed by atoms with Crippen LogP contribution in [0.25, 0.3) is 0 Å². The second-order valence-corrected chi connectivity index (χ2v) is 11.7. The van der Waals surface area contributed by atoms with Crippen LogP contribution in [-0.4, -0.2) is 50.1 Å². The van der Waals surface area contributed by atoms with Gasteiger partial charge in [0.25, 0.3) is 0 Å². The third-order valence-corrected chi connectivity index (χ3v) is 8.03. The Balaban J connectivity index is 1.13. The summed E-state index contributed by atoms with van der Waals surface area (Å²) >= 11 is 0. The summed E-state index contributed by atoms with van der Waals surface area (Å²) in [5, 5.41) is 0. The van der Waals surface area contributed by atoms with Gasteiger partial charge in [-0.2, -0.15) is 0 Å². The highest BCUT2D eigenvalue weighted by Crippen LogP contribution is 2.32. The minimum atomic E-state index is -0.496. The van der Waals surface area contributed by atoms with Crippen LogP contribution in [0.1, 0.15) is 96.7 Å². The van der Waals surface area contributed by atoms with Gasteiger partial charge >= 0.3 is 11.9 Å². The topological polar surface area (TPSA) is 96.1 Å². The number of hydrogen-bond donors (Lipinski definition) is 0. The quantitative estimate of drug-likeness (QED) is 0.0618. The van der Waals surface area contributed by atoms with Gasteiger partial charge in [0.1, 0.15) is 41.7 Å². The van der Waals surface area contributed by atoms with Crippen molar-refractivity contribution >= 4 is 11.9 Å². The average Bonchev–Trinajstić information content (AvgIpc) is 3.97. The minimum Gasteiger partial charge on any atom is -0.488 e. The van der Waals surface area contributed by atoms with E-state index in [4.69, 9.17) is 28.4 Å². The molecule has 8 heteroatoms. The van der Waals surface area contributed by atoms with Crippen molar-refractivity contribution in [2.75, 3.05) is 19.8 Å². The Morgan fingerprint density at radius 3 is 2.02 bits per heavy atom. The van der Waals surface area contributed by atoms with Gasteiger partial charge in [-0.05, 0) is 91.9 Å². The van der Waals surface area contributed by atoms with E-state index in [1.54, 1.807) is 61.5 Å². The Kier molecular flexibility index (Phi) is 11.6. The van der Waals surface area contributed by atoms with Crippen LogP contribution in [0.4, 0.5) is 0 Å². The first kappa shape index (κ1) is 32.7. The summed E-state index contributed by atoms with van der Waals surface area (Å²) in [7, 11) is 0. The number of aryl methyl sites for hydroxylation is 1. The van der Waals surface area contributed by atoms with Crippen LogP contribution in [0, 0.1) is 6.92 Å². The summed E-state index contributed by atoms with van der Waals surface area (Å²) in [6, 6.07) is 19.2. The lowest BCUT2D eigenvalue weighted by atomic mass is 10.0. The number of rotatable bonds is 18. The van der Waals surface area contributed by atoms with Gasteiger partial charge in [0.2, 0.25) is 0 Å². The number of unbranched alkanes of at least 4 members (excludes halogenated alkanes) is 4. The molecular formula is C37H44O8. The van der Waals surface area contributed by atoms with Crippen LogP contribution in [0.3, 0.4) is 0 Å². The van der Waals surface area contributed by atoms with Crippen LogP contribution >= 0.6 is 0 Å². The lowest BCUT2D eigenvalue weighted by Crippen LogP contribution is -2.23. The van der Waals surface area contributed by atoms with Crippen molar-refractivity contribution in [3.05, 3.63) is 89.0 Å². The summed E-state index contributed by atoms with van der Waals surface area (Å²) in [6.45, 7) is 8.23. The lowest BCUT2D eigenvalue weighted by molar-refractivity contribution is 0.0300. The molecule has 0 spiro atoms. The maximum absolute atomic E-state index is 12.9. The highest BCUT2D eigenvalue weighted by molar-refractivity contribution is 5.93. The van der Waals surface area contributed by atoms with Gasteiger partial charge in [-0.25, -0.2) is 9.59 Å². The van der Waals surface area contributed by atoms with Crippen molar-refractivity contribution < 1.29 is 38.0 Å². The van der Waals surface area contributed by atoms with Crippen molar-refractivity contribution in [1.82, 2.24) is 0 Å². The molecule has 45 heavy (non-hydrogen) atoms. The first-order valence-corrected chi connectivity index (χ1v) is 16.2.